The summed E-state index contributed by atoms with van der Waals surface area (Å²) < 4.78 is 16.0. The summed E-state index contributed by atoms with van der Waals surface area (Å²) in [6.45, 7) is 0. The lowest BCUT2D eigenvalue weighted by Gasteiger charge is -2.11. The molecule has 94 valence electrons. The van der Waals surface area contributed by atoms with Gasteiger partial charge in [0.15, 0.2) is 11.5 Å². The SMILES string of the molecule is COc1ccc(OC)c(Oc2ccc(O)cc2)c1. The van der Waals surface area contributed by atoms with Gasteiger partial charge in [-0.25, -0.2) is 0 Å². The first-order valence-corrected chi connectivity index (χ1v) is 5.42. The molecule has 0 aromatic heterocycles. The van der Waals surface area contributed by atoms with E-state index in [9.17, 15) is 5.11 Å². The molecule has 4 nitrogen and oxygen atoms in total. The summed E-state index contributed by atoms with van der Waals surface area (Å²) in [5.41, 5.74) is 0. The predicted octanol–water partition coefficient (Wildman–Crippen LogP) is 3.20. The molecule has 0 spiro atoms. The molecule has 4 heteroatoms. The van der Waals surface area contributed by atoms with Crippen LogP contribution in [-0.2, 0) is 0 Å². The molecule has 2 rings (SSSR count). The molecular weight excluding hydrogens is 232 g/mol. The second-order valence-corrected chi connectivity index (χ2v) is 3.61. The number of rotatable bonds is 4. The van der Waals surface area contributed by atoms with Crippen LogP contribution in [0.3, 0.4) is 0 Å². The highest BCUT2D eigenvalue weighted by Gasteiger charge is 2.07. The van der Waals surface area contributed by atoms with Crippen molar-refractivity contribution in [2.75, 3.05) is 14.2 Å². The molecule has 18 heavy (non-hydrogen) atoms. The Morgan fingerprint density at radius 2 is 1.44 bits per heavy atom. The normalized spacial score (nSPS) is 9.89. The van der Waals surface area contributed by atoms with Gasteiger partial charge in [-0.3, -0.25) is 0 Å². The monoisotopic (exact) mass is 246 g/mol. The zero-order chi connectivity index (χ0) is 13.0. The molecule has 0 aliphatic heterocycles. The van der Waals surface area contributed by atoms with Gasteiger partial charge in [-0.15, -0.1) is 0 Å². The molecule has 0 saturated carbocycles. The highest BCUT2D eigenvalue weighted by atomic mass is 16.5. The average Bonchev–Trinajstić information content (AvgIpc) is 2.41. The molecule has 0 amide bonds. The minimum atomic E-state index is 0.194. The topological polar surface area (TPSA) is 47.9 Å². The number of ether oxygens (including phenoxy) is 3. The van der Waals surface area contributed by atoms with Crippen molar-refractivity contribution in [3.8, 4) is 28.7 Å². The van der Waals surface area contributed by atoms with Crippen molar-refractivity contribution in [1.82, 2.24) is 0 Å². The Bertz CT molecular complexity index is 520. The van der Waals surface area contributed by atoms with E-state index in [0.717, 1.165) is 0 Å². The number of hydrogen-bond acceptors (Lipinski definition) is 4. The quantitative estimate of drug-likeness (QED) is 0.899. The Balaban J connectivity index is 2.29. The van der Waals surface area contributed by atoms with E-state index < -0.39 is 0 Å². The van der Waals surface area contributed by atoms with Gasteiger partial charge in [0.25, 0.3) is 0 Å². The molecule has 0 unspecified atom stereocenters. The summed E-state index contributed by atoms with van der Waals surface area (Å²) in [6.07, 6.45) is 0. The second-order valence-electron chi connectivity index (χ2n) is 3.61. The van der Waals surface area contributed by atoms with E-state index >= 15 is 0 Å². The standard InChI is InChI=1S/C14H14O4/c1-16-12-7-8-13(17-2)14(9-12)18-11-5-3-10(15)4-6-11/h3-9,15H,1-2H3. The van der Waals surface area contributed by atoms with E-state index in [0.29, 0.717) is 23.0 Å². The third kappa shape index (κ3) is 2.66. The van der Waals surface area contributed by atoms with Gasteiger partial charge in [0.05, 0.1) is 14.2 Å². The lowest BCUT2D eigenvalue weighted by molar-refractivity contribution is 0.370. The fraction of sp³-hybridized carbons (Fsp3) is 0.143. The minimum Gasteiger partial charge on any atom is -0.508 e. The maximum absolute atomic E-state index is 9.21. The molecule has 0 atom stereocenters. The number of phenols is 1. The minimum absolute atomic E-state index is 0.194. The molecule has 0 saturated heterocycles. The van der Waals surface area contributed by atoms with Crippen molar-refractivity contribution in [1.29, 1.82) is 0 Å². The molecule has 2 aromatic rings. The van der Waals surface area contributed by atoms with E-state index in [1.807, 2.05) is 0 Å². The molecule has 0 fully saturated rings. The number of benzene rings is 2. The van der Waals surface area contributed by atoms with E-state index in [-0.39, 0.29) is 5.75 Å². The van der Waals surface area contributed by atoms with E-state index in [1.165, 1.54) is 0 Å². The van der Waals surface area contributed by atoms with E-state index in [4.69, 9.17) is 14.2 Å². The molecule has 0 radical (unpaired) electrons. The maximum Gasteiger partial charge on any atom is 0.172 e. The number of phenolic OH excluding ortho intramolecular Hbond substituents is 1. The highest BCUT2D eigenvalue weighted by molar-refractivity contribution is 5.48. The number of hydrogen-bond donors (Lipinski definition) is 1. The van der Waals surface area contributed by atoms with Gasteiger partial charge in [0.2, 0.25) is 0 Å². The first-order chi connectivity index (χ1) is 8.72. The van der Waals surface area contributed by atoms with Crippen LogP contribution in [0.15, 0.2) is 42.5 Å². The van der Waals surface area contributed by atoms with Gasteiger partial charge in [0.1, 0.15) is 17.2 Å². The summed E-state index contributed by atoms with van der Waals surface area (Å²) in [5, 5.41) is 9.21. The molecular formula is C14H14O4. The molecule has 0 bridgehead atoms. The third-order valence-corrected chi connectivity index (χ3v) is 2.44. The Hall–Kier alpha value is -2.36. The third-order valence-electron chi connectivity index (χ3n) is 2.44. The van der Waals surface area contributed by atoms with Crippen molar-refractivity contribution in [3.05, 3.63) is 42.5 Å². The highest BCUT2D eigenvalue weighted by Crippen LogP contribution is 2.35. The van der Waals surface area contributed by atoms with Crippen LogP contribution >= 0.6 is 0 Å². The van der Waals surface area contributed by atoms with Crippen molar-refractivity contribution >= 4 is 0 Å². The van der Waals surface area contributed by atoms with Gasteiger partial charge in [-0.1, -0.05) is 0 Å². The zero-order valence-electron chi connectivity index (χ0n) is 10.2. The van der Waals surface area contributed by atoms with Gasteiger partial charge >= 0.3 is 0 Å². The summed E-state index contributed by atoms with van der Waals surface area (Å²) >= 11 is 0. The van der Waals surface area contributed by atoms with Crippen LogP contribution in [0.5, 0.6) is 28.7 Å². The van der Waals surface area contributed by atoms with E-state index in [1.54, 1.807) is 56.7 Å². The summed E-state index contributed by atoms with van der Waals surface area (Å²) in [5.74, 6) is 2.66. The first kappa shape index (κ1) is 12.1. The number of methoxy groups -OCH3 is 2. The fourth-order valence-corrected chi connectivity index (χ4v) is 1.50. The zero-order valence-corrected chi connectivity index (χ0v) is 10.2. The van der Waals surface area contributed by atoms with Crippen molar-refractivity contribution in [2.45, 2.75) is 0 Å². The molecule has 2 aromatic carbocycles. The van der Waals surface area contributed by atoms with Gasteiger partial charge in [0, 0.05) is 6.07 Å². The summed E-state index contributed by atoms with van der Waals surface area (Å²) in [7, 11) is 3.16. The van der Waals surface area contributed by atoms with Crippen LogP contribution in [0.1, 0.15) is 0 Å². The Morgan fingerprint density at radius 3 is 2.06 bits per heavy atom. The smallest absolute Gasteiger partial charge is 0.172 e. The van der Waals surface area contributed by atoms with Gasteiger partial charge in [-0.2, -0.15) is 0 Å². The fourth-order valence-electron chi connectivity index (χ4n) is 1.50. The van der Waals surface area contributed by atoms with Crippen LogP contribution in [0.2, 0.25) is 0 Å². The van der Waals surface area contributed by atoms with Crippen LogP contribution < -0.4 is 14.2 Å². The largest absolute Gasteiger partial charge is 0.508 e. The molecule has 0 aliphatic rings. The summed E-state index contributed by atoms with van der Waals surface area (Å²) in [4.78, 5) is 0. The van der Waals surface area contributed by atoms with Gasteiger partial charge in [-0.05, 0) is 36.4 Å². The second kappa shape index (κ2) is 5.31. The van der Waals surface area contributed by atoms with Crippen molar-refractivity contribution in [2.24, 2.45) is 0 Å². The Morgan fingerprint density at radius 1 is 0.778 bits per heavy atom. The molecule has 0 heterocycles. The Labute approximate surface area is 105 Å². The van der Waals surface area contributed by atoms with E-state index in [2.05, 4.69) is 0 Å². The lowest BCUT2D eigenvalue weighted by atomic mass is 10.3. The Kier molecular flexibility index (Phi) is 3.57. The maximum atomic E-state index is 9.21. The van der Waals surface area contributed by atoms with Crippen LogP contribution in [0.25, 0.3) is 0 Å². The van der Waals surface area contributed by atoms with Crippen LogP contribution in [0, 0.1) is 0 Å². The van der Waals surface area contributed by atoms with Gasteiger partial charge < -0.3 is 19.3 Å². The van der Waals surface area contributed by atoms with Crippen molar-refractivity contribution in [3.63, 3.8) is 0 Å². The molecule has 1 N–H and O–H groups in total. The summed E-state index contributed by atoms with van der Waals surface area (Å²) in [6, 6.07) is 11.8. The molecule has 0 aliphatic carbocycles. The van der Waals surface area contributed by atoms with Crippen LogP contribution in [-0.4, -0.2) is 19.3 Å². The average molecular weight is 246 g/mol. The lowest BCUT2D eigenvalue weighted by Crippen LogP contribution is -1.91. The van der Waals surface area contributed by atoms with Crippen LogP contribution in [0.4, 0.5) is 0 Å². The van der Waals surface area contributed by atoms with Crippen molar-refractivity contribution < 1.29 is 19.3 Å². The predicted molar refractivity (Wildman–Crippen MR) is 67.7 cm³/mol. The first-order valence-electron chi connectivity index (χ1n) is 5.42. The number of aromatic hydroxyl groups is 1.